The zero-order valence-corrected chi connectivity index (χ0v) is 13.0. The van der Waals surface area contributed by atoms with Gasteiger partial charge in [0.1, 0.15) is 0 Å². The summed E-state index contributed by atoms with van der Waals surface area (Å²) in [5.74, 6) is -0.559. The lowest BCUT2D eigenvalue weighted by molar-refractivity contribution is -0.147. The zero-order valence-electron chi connectivity index (χ0n) is 13.0. The van der Waals surface area contributed by atoms with E-state index in [4.69, 9.17) is 5.73 Å². The molecule has 0 radical (unpaired) electrons. The summed E-state index contributed by atoms with van der Waals surface area (Å²) in [4.78, 5) is 25.9. The predicted molar refractivity (Wildman–Crippen MR) is 81.5 cm³/mol. The molecule has 2 amide bonds. The van der Waals surface area contributed by atoms with Crippen LogP contribution in [0.2, 0.25) is 0 Å². The Kier molecular flexibility index (Phi) is 4.16. The van der Waals surface area contributed by atoms with Gasteiger partial charge in [-0.3, -0.25) is 19.8 Å². The topological polar surface area (TPSA) is 75.4 Å². The lowest BCUT2D eigenvalue weighted by Gasteiger charge is -2.46. The molecule has 1 aromatic carbocycles. The van der Waals surface area contributed by atoms with Gasteiger partial charge < -0.3 is 5.73 Å². The summed E-state index contributed by atoms with van der Waals surface area (Å²) in [6.07, 6.45) is 0. The molecule has 5 heteroatoms. The molecule has 0 saturated carbocycles. The first kappa shape index (κ1) is 15.7. The van der Waals surface area contributed by atoms with E-state index in [1.165, 1.54) is 0 Å². The highest BCUT2D eigenvalue weighted by Gasteiger charge is 2.45. The van der Waals surface area contributed by atoms with E-state index in [-0.39, 0.29) is 30.4 Å². The lowest BCUT2D eigenvalue weighted by atomic mass is 9.88. The van der Waals surface area contributed by atoms with Crippen molar-refractivity contribution in [1.29, 1.82) is 0 Å². The molecule has 0 aromatic heterocycles. The van der Waals surface area contributed by atoms with Gasteiger partial charge in [0.2, 0.25) is 11.8 Å². The van der Waals surface area contributed by atoms with Crippen molar-refractivity contribution >= 4 is 11.8 Å². The van der Waals surface area contributed by atoms with Crippen molar-refractivity contribution in [3.05, 3.63) is 35.4 Å². The molecule has 1 aliphatic rings. The number of rotatable bonds is 3. The quantitative estimate of drug-likeness (QED) is 0.818. The molecule has 1 fully saturated rings. The second-order valence-corrected chi connectivity index (χ2v) is 6.22. The largest absolute Gasteiger partial charge is 0.326 e. The standard InChI is InChI=1S/C16H23N3O2/c1-10-7-5-6-8-12(10)14(11(2)17)19-9-13(20)18-15(21)16(19,3)4/h5-8,11,14H,9,17H2,1-4H3,(H,18,20,21). The van der Waals surface area contributed by atoms with Crippen LogP contribution in [0.3, 0.4) is 0 Å². The Bertz CT molecular complexity index is 566. The predicted octanol–water partition coefficient (Wildman–Crippen LogP) is 1.12. The minimum Gasteiger partial charge on any atom is -0.326 e. The third-order valence-electron chi connectivity index (χ3n) is 4.18. The molecular formula is C16H23N3O2. The number of nitrogens with one attached hydrogen (secondary N) is 1. The van der Waals surface area contributed by atoms with E-state index < -0.39 is 5.54 Å². The molecule has 2 rings (SSSR count). The number of nitrogens with two attached hydrogens (primary N) is 1. The van der Waals surface area contributed by atoms with Gasteiger partial charge in [0.15, 0.2) is 0 Å². The van der Waals surface area contributed by atoms with Crippen LogP contribution >= 0.6 is 0 Å². The molecule has 21 heavy (non-hydrogen) atoms. The molecule has 1 saturated heterocycles. The number of carbonyl (C=O) groups is 2. The molecule has 5 nitrogen and oxygen atoms in total. The van der Waals surface area contributed by atoms with Gasteiger partial charge in [-0.15, -0.1) is 0 Å². The van der Waals surface area contributed by atoms with Gasteiger partial charge in [0.25, 0.3) is 0 Å². The number of piperazine rings is 1. The molecule has 0 spiro atoms. The van der Waals surface area contributed by atoms with Gasteiger partial charge in [0.05, 0.1) is 18.1 Å². The van der Waals surface area contributed by atoms with Crippen molar-refractivity contribution in [1.82, 2.24) is 10.2 Å². The third kappa shape index (κ3) is 2.84. The molecular weight excluding hydrogens is 266 g/mol. The van der Waals surface area contributed by atoms with Crippen molar-refractivity contribution < 1.29 is 9.59 Å². The van der Waals surface area contributed by atoms with Crippen molar-refractivity contribution in [3.63, 3.8) is 0 Å². The summed E-state index contributed by atoms with van der Waals surface area (Å²) in [5.41, 5.74) is 7.58. The van der Waals surface area contributed by atoms with Gasteiger partial charge >= 0.3 is 0 Å². The number of nitrogens with zero attached hydrogens (tertiary/aromatic N) is 1. The highest BCUT2D eigenvalue weighted by molar-refractivity contribution is 6.03. The molecule has 0 bridgehead atoms. The summed E-state index contributed by atoms with van der Waals surface area (Å²) < 4.78 is 0. The Hall–Kier alpha value is -1.72. The highest BCUT2D eigenvalue weighted by atomic mass is 16.2. The molecule has 114 valence electrons. The van der Waals surface area contributed by atoms with Crippen molar-refractivity contribution in [2.24, 2.45) is 5.73 Å². The second kappa shape index (κ2) is 5.58. The number of hydrogen-bond acceptors (Lipinski definition) is 4. The fraction of sp³-hybridized carbons (Fsp3) is 0.500. The first-order chi connectivity index (χ1) is 9.75. The number of aryl methyl sites for hydroxylation is 1. The van der Waals surface area contributed by atoms with Crippen LogP contribution in [0.25, 0.3) is 0 Å². The maximum atomic E-state index is 12.2. The summed E-state index contributed by atoms with van der Waals surface area (Å²) in [7, 11) is 0. The fourth-order valence-corrected chi connectivity index (χ4v) is 2.90. The van der Waals surface area contributed by atoms with Gasteiger partial charge in [-0.2, -0.15) is 0 Å². The molecule has 1 aromatic rings. The number of hydrogen-bond donors (Lipinski definition) is 2. The van der Waals surface area contributed by atoms with E-state index >= 15 is 0 Å². The summed E-state index contributed by atoms with van der Waals surface area (Å²) in [6, 6.07) is 7.56. The Morgan fingerprint density at radius 3 is 2.48 bits per heavy atom. The monoisotopic (exact) mass is 289 g/mol. The molecule has 1 heterocycles. The van der Waals surface area contributed by atoms with Crippen LogP contribution in [0.5, 0.6) is 0 Å². The summed E-state index contributed by atoms with van der Waals surface area (Å²) in [5, 5.41) is 2.40. The van der Waals surface area contributed by atoms with Gasteiger partial charge in [-0.1, -0.05) is 24.3 Å². The lowest BCUT2D eigenvalue weighted by Crippen LogP contribution is -2.66. The Labute approximate surface area is 125 Å². The SMILES string of the molecule is Cc1ccccc1C(C(C)N)N1CC(=O)NC(=O)C1(C)C. The Balaban J connectivity index is 2.49. The van der Waals surface area contributed by atoms with Crippen molar-refractivity contribution in [2.75, 3.05) is 6.54 Å². The van der Waals surface area contributed by atoms with Crippen LogP contribution in [0.1, 0.15) is 37.9 Å². The number of imide groups is 1. The van der Waals surface area contributed by atoms with Gasteiger partial charge in [0, 0.05) is 6.04 Å². The van der Waals surface area contributed by atoms with Crippen molar-refractivity contribution in [2.45, 2.75) is 45.3 Å². The van der Waals surface area contributed by atoms with Crippen molar-refractivity contribution in [3.8, 4) is 0 Å². The number of amides is 2. The van der Waals surface area contributed by atoms with E-state index in [1.54, 1.807) is 0 Å². The average molecular weight is 289 g/mol. The molecule has 3 N–H and O–H groups in total. The molecule has 2 atom stereocenters. The van der Waals surface area contributed by atoms with Crippen LogP contribution in [0.15, 0.2) is 24.3 Å². The number of benzene rings is 1. The van der Waals surface area contributed by atoms with E-state index in [0.717, 1.165) is 11.1 Å². The second-order valence-electron chi connectivity index (χ2n) is 6.22. The minimum absolute atomic E-state index is 0.166. The third-order valence-corrected chi connectivity index (χ3v) is 4.18. The fourth-order valence-electron chi connectivity index (χ4n) is 2.90. The molecule has 2 unspecified atom stereocenters. The van der Waals surface area contributed by atoms with Gasteiger partial charge in [-0.25, -0.2) is 0 Å². The van der Waals surface area contributed by atoms with Crippen LogP contribution in [0, 0.1) is 6.92 Å². The van der Waals surface area contributed by atoms with E-state index in [0.29, 0.717) is 0 Å². The Morgan fingerprint density at radius 1 is 1.29 bits per heavy atom. The Morgan fingerprint density at radius 2 is 1.90 bits per heavy atom. The summed E-state index contributed by atoms with van der Waals surface area (Å²) >= 11 is 0. The van der Waals surface area contributed by atoms with Crippen LogP contribution in [-0.2, 0) is 9.59 Å². The van der Waals surface area contributed by atoms with Crippen LogP contribution in [-0.4, -0.2) is 34.8 Å². The van der Waals surface area contributed by atoms with E-state index in [1.807, 2.05) is 56.9 Å². The van der Waals surface area contributed by atoms with Gasteiger partial charge in [-0.05, 0) is 38.8 Å². The highest BCUT2D eigenvalue weighted by Crippen LogP contribution is 2.33. The molecule has 0 aliphatic carbocycles. The first-order valence-electron chi connectivity index (χ1n) is 7.17. The van der Waals surface area contributed by atoms with Crippen LogP contribution < -0.4 is 11.1 Å². The van der Waals surface area contributed by atoms with E-state index in [2.05, 4.69) is 5.32 Å². The smallest absolute Gasteiger partial charge is 0.246 e. The number of carbonyl (C=O) groups excluding carboxylic acids is 2. The maximum Gasteiger partial charge on any atom is 0.246 e. The van der Waals surface area contributed by atoms with Crippen LogP contribution in [0.4, 0.5) is 0 Å². The maximum absolute atomic E-state index is 12.2. The normalized spacial score (nSPS) is 21.8. The average Bonchev–Trinajstić information content (AvgIpc) is 2.38. The minimum atomic E-state index is -0.783. The van der Waals surface area contributed by atoms with E-state index in [9.17, 15) is 9.59 Å². The summed E-state index contributed by atoms with van der Waals surface area (Å²) in [6.45, 7) is 7.73. The molecule has 1 aliphatic heterocycles. The zero-order chi connectivity index (χ0) is 15.8. The first-order valence-corrected chi connectivity index (χ1v) is 7.17.